The fraction of sp³-hybridized carbons (Fsp3) is 0.500. The highest BCUT2D eigenvalue weighted by molar-refractivity contribution is 5.20. The first kappa shape index (κ1) is 14.9. The Morgan fingerprint density at radius 1 is 1.25 bits per heavy atom. The van der Waals surface area contributed by atoms with E-state index < -0.39 is 0 Å². The molecule has 0 aliphatic carbocycles. The van der Waals surface area contributed by atoms with E-state index in [1.807, 2.05) is 19.1 Å². The van der Waals surface area contributed by atoms with E-state index >= 15 is 0 Å². The molecule has 0 radical (unpaired) electrons. The molecule has 0 aliphatic heterocycles. The van der Waals surface area contributed by atoms with Crippen LogP contribution in [0.5, 0.6) is 0 Å². The molecule has 110 valence electrons. The van der Waals surface area contributed by atoms with Gasteiger partial charge in [0, 0.05) is 18.2 Å². The summed E-state index contributed by atoms with van der Waals surface area (Å²) in [4.78, 5) is 2.18. The Morgan fingerprint density at radius 3 is 2.65 bits per heavy atom. The molecule has 0 saturated carbocycles. The predicted molar refractivity (Wildman–Crippen MR) is 79.3 cm³/mol. The molecule has 0 aromatic carbocycles. The first-order valence-electron chi connectivity index (χ1n) is 7.07. The van der Waals surface area contributed by atoms with Crippen molar-refractivity contribution in [2.24, 2.45) is 0 Å². The SMILES string of the molecule is Cc1oc(CN(C)Cc2ccco2)cc1CNC(C)C. The molecule has 0 atom stereocenters. The van der Waals surface area contributed by atoms with Gasteiger partial charge in [0.1, 0.15) is 17.3 Å². The maximum absolute atomic E-state index is 5.82. The summed E-state index contributed by atoms with van der Waals surface area (Å²) in [6, 6.07) is 6.52. The topological polar surface area (TPSA) is 41.6 Å². The van der Waals surface area contributed by atoms with Gasteiger partial charge in [-0.15, -0.1) is 0 Å². The molecule has 0 bridgehead atoms. The second-order valence-electron chi connectivity index (χ2n) is 5.58. The monoisotopic (exact) mass is 276 g/mol. The maximum Gasteiger partial charge on any atom is 0.118 e. The van der Waals surface area contributed by atoms with Gasteiger partial charge in [-0.1, -0.05) is 13.8 Å². The Labute approximate surface area is 120 Å². The summed E-state index contributed by atoms with van der Waals surface area (Å²) in [6.45, 7) is 8.73. The summed E-state index contributed by atoms with van der Waals surface area (Å²) in [6.07, 6.45) is 1.70. The lowest BCUT2D eigenvalue weighted by molar-refractivity contribution is 0.262. The second kappa shape index (κ2) is 6.77. The number of hydrogen-bond acceptors (Lipinski definition) is 4. The fourth-order valence-electron chi connectivity index (χ4n) is 2.15. The van der Waals surface area contributed by atoms with Gasteiger partial charge >= 0.3 is 0 Å². The van der Waals surface area contributed by atoms with E-state index in [4.69, 9.17) is 8.83 Å². The quantitative estimate of drug-likeness (QED) is 0.842. The van der Waals surface area contributed by atoms with E-state index in [-0.39, 0.29) is 0 Å². The van der Waals surface area contributed by atoms with Crippen LogP contribution in [0.1, 0.15) is 36.7 Å². The lowest BCUT2D eigenvalue weighted by Gasteiger charge is -2.12. The average Bonchev–Trinajstić information content (AvgIpc) is 2.97. The molecule has 0 spiro atoms. The third-order valence-corrected chi connectivity index (χ3v) is 3.20. The van der Waals surface area contributed by atoms with E-state index in [0.29, 0.717) is 6.04 Å². The van der Waals surface area contributed by atoms with Gasteiger partial charge in [-0.3, -0.25) is 4.90 Å². The van der Waals surface area contributed by atoms with Crippen LogP contribution in [0.2, 0.25) is 0 Å². The van der Waals surface area contributed by atoms with Crippen LogP contribution in [0.15, 0.2) is 33.3 Å². The van der Waals surface area contributed by atoms with Gasteiger partial charge < -0.3 is 14.2 Å². The molecular formula is C16H24N2O2. The largest absolute Gasteiger partial charge is 0.468 e. The van der Waals surface area contributed by atoms with Gasteiger partial charge in [0.2, 0.25) is 0 Å². The van der Waals surface area contributed by atoms with Crippen molar-refractivity contribution in [2.75, 3.05) is 7.05 Å². The van der Waals surface area contributed by atoms with Crippen LogP contribution >= 0.6 is 0 Å². The maximum atomic E-state index is 5.82. The Kier molecular flexibility index (Phi) is 5.04. The molecule has 0 unspecified atom stereocenters. The molecule has 0 fully saturated rings. The molecule has 0 amide bonds. The van der Waals surface area contributed by atoms with Crippen LogP contribution in [0, 0.1) is 6.92 Å². The van der Waals surface area contributed by atoms with Crippen molar-refractivity contribution in [1.82, 2.24) is 10.2 Å². The van der Waals surface area contributed by atoms with Crippen LogP contribution in [0.4, 0.5) is 0 Å². The van der Waals surface area contributed by atoms with Crippen LogP contribution in [0.25, 0.3) is 0 Å². The summed E-state index contributed by atoms with van der Waals surface area (Å²) < 4.78 is 11.2. The summed E-state index contributed by atoms with van der Waals surface area (Å²) in [5, 5.41) is 3.42. The summed E-state index contributed by atoms with van der Waals surface area (Å²) in [7, 11) is 2.06. The molecule has 4 heteroatoms. The van der Waals surface area contributed by atoms with Crippen molar-refractivity contribution in [1.29, 1.82) is 0 Å². The zero-order valence-corrected chi connectivity index (χ0v) is 12.8. The minimum Gasteiger partial charge on any atom is -0.468 e. The molecule has 0 aliphatic rings. The summed E-state index contributed by atoms with van der Waals surface area (Å²) in [5.41, 5.74) is 1.24. The third-order valence-electron chi connectivity index (χ3n) is 3.20. The smallest absolute Gasteiger partial charge is 0.118 e. The Morgan fingerprint density at radius 2 is 2.00 bits per heavy atom. The van der Waals surface area contributed by atoms with E-state index in [9.17, 15) is 0 Å². The highest BCUT2D eigenvalue weighted by atomic mass is 16.3. The standard InChI is InChI=1S/C16H24N2O2/c1-12(2)17-9-14-8-16(20-13(14)3)11-18(4)10-15-6-5-7-19-15/h5-8,12,17H,9-11H2,1-4H3. The minimum absolute atomic E-state index is 0.481. The van der Waals surface area contributed by atoms with Crippen LogP contribution in [-0.4, -0.2) is 18.0 Å². The second-order valence-corrected chi connectivity index (χ2v) is 5.58. The Bertz CT molecular complexity index is 515. The molecule has 1 N–H and O–H groups in total. The lowest BCUT2D eigenvalue weighted by Crippen LogP contribution is -2.21. The number of nitrogens with zero attached hydrogens (tertiary/aromatic N) is 1. The van der Waals surface area contributed by atoms with E-state index in [1.165, 1.54) is 5.56 Å². The van der Waals surface area contributed by atoms with E-state index in [2.05, 4.69) is 37.2 Å². The van der Waals surface area contributed by atoms with Crippen molar-refractivity contribution in [3.63, 3.8) is 0 Å². The summed E-state index contributed by atoms with van der Waals surface area (Å²) in [5.74, 6) is 2.97. The van der Waals surface area contributed by atoms with Crippen LogP contribution in [0.3, 0.4) is 0 Å². The molecule has 2 heterocycles. The van der Waals surface area contributed by atoms with Gasteiger partial charge in [0.25, 0.3) is 0 Å². The van der Waals surface area contributed by atoms with Crippen LogP contribution in [-0.2, 0) is 19.6 Å². The van der Waals surface area contributed by atoms with Gasteiger partial charge in [0.05, 0.1) is 19.4 Å². The van der Waals surface area contributed by atoms with Crippen molar-refractivity contribution < 1.29 is 8.83 Å². The fourth-order valence-corrected chi connectivity index (χ4v) is 2.15. The predicted octanol–water partition coefficient (Wildman–Crippen LogP) is 3.31. The highest BCUT2D eigenvalue weighted by Crippen LogP contribution is 2.17. The highest BCUT2D eigenvalue weighted by Gasteiger charge is 2.10. The first-order chi connectivity index (χ1) is 9.54. The zero-order valence-electron chi connectivity index (χ0n) is 12.8. The van der Waals surface area contributed by atoms with E-state index in [0.717, 1.165) is 36.9 Å². The van der Waals surface area contributed by atoms with Crippen molar-refractivity contribution in [2.45, 2.75) is 46.4 Å². The number of rotatable bonds is 7. The molecule has 2 aromatic rings. The average molecular weight is 276 g/mol. The van der Waals surface area contributed by atoms with Crippen molar-refractivity contribution in [3.8, 4) is 0 Å². The molecular weight excluding hydrogens is 252 g/mol. The lowest BCUT2D eigenvalue weighted by atomic mass is 10.2. The molecule has 2 rings (SSSR count). The van der Waals surface area contributed by atoms with Crippen molar-refractivity contribution >= 4 is 0 Å². The van der Waals surface area contributed by atoms with Gasteiger partial charge in [-0.05, 0) is 32.2 Å². The number of furan rings is 2. The number of nitrogens with one attached hydrogen (secondary N) is 1. The normalized spacial score (nSPS) is 11.7. The Balaban J connectivity index is 1.90. The first-order valence-corrected chi connectivity index (χ1v) is 7.07. The van der Waals surface area contributed by atoms with Crippen LogP contribution < -0.4 is 5.32 Å². The van der Waals surface area contributed by atoms with Gasteiger partial charge in [-0.2, -0.15) is 0 Å². The molecule has 20 heavy (non-hydrogen) atoms. The molecule has 2 aromatic heterocycles. The number of aryl methyl sites for hydroxylation is 1. The minimum atomic E-state index is 0.481. The van der Waals surface area contributed by atoms with Crippen molar-refractivity contribution in [3.05, 3.63) is 47.3 Å². The van der Waals surface area contributed by atoms with Gasteiger partial charge in [-0.25, -0.2) is 0 Å². The van der Waals surface area contributed by atoms with Gasteiger partial charge in [0.15, 0.2) is 0 Å². The third kappa shape index (κ3) is 4.25. The molecule has 0 saturated heterocycles. The number of hydrogen-bond donors (Lipinski definition) is 1. The van der Waals surface area contributed by atoms with E-state index in [1.54, 1.807) is 6.26 Å². The summed E-state index contributed by atoms with van der Waals surface area (Å²) >= 11 is 0. The molecule has 4 nitrogen and oxygen atoms in total. The zero-order chi connectivity index (χ0) is 14.5. The Hall–Kier alpha value is -1.52.